The minimum atomic E-state index is -0.602. The Morgan fingerprint density at radius 3 is 2.26 bits per heavy atom. The van der Waals surface area contributed by atoms with E-state index in [2.05, 4.69) is 26.3 Å². The van der Waals surface area contributed by atoms with Crippen LogP contribution in [0.1, 0.15) is 113 Å². The van der Waals surface area contributed by atoms with Gasteiger partial charge in [0.05, 0.1) is 67.0 Å². The molecule has 3 aliphatic rings. The Morgan fingerprint density at radius 1 is 0.732 bits per heavy atom. The Kier molecular flexibility index (Phi) is 23.4. The molecule has 440 valence electrons. The summed E-state index contributed by atoms with van der Waals surface area (Å²) < 4.78 is 25.6. The van der Waals surface area contributed by atoms with E-state index in [4.69, 9.17) is 18.9 Å². The van der Waals surface area contributed by atoms with Gasteiger partial charge in [0.15, 0.2) is 5.78 Å². The fraction of sp³-hybridized carbons (Fsp3) is 0.492. The molecule has 0 radical (unpaired) electrons. The molecule has 23 heteroatoms. The Labute approximate surface area is 481 Å². The zero-order valence-electron chi connectivity index (χ0n) is 47.2. The zero-order valence-corrected chi connectivity index (χ0v) is 48.0. The minimum absolute atomic E-state index is 0.00654. The number of likely N-dealkylation sites (tertiary alicyclic amines) is 1. The van der Waals surface area contributed by atoms with E-state index in [1.54, 1.807) is 53.9 Å². The number of ketones is 2. The molecule has 2 fully saturated rings. The van der Waals surface area contributed by atoms with Gasteiger partial charge in [0.25, 0.3) is 11.8 Å². The summed E-state index contributed by atoms with van der Waals surface area (Å²) in [5, 5.41) is 10.8. The molecule has 7 amide bonds. The van der Waals surface area contributed by atoms with Gasteiger partial charge in [-0.3, -0.25) is 48.2 Å². The lowest BCUT2D eigenvalue weighted by Gasteiger charge is -2.20. The highest BCUT2D eigenvalue weighted by atomic mass is 32.2. The number of imide groups is 1. The minimum Gasteiger partial charge on any atom is -0.493 e. The molecule has 2 atom stereocenters. The Hall–Kier alpha value is -7.63. The smallest absolute Gasteiger partial charge is 0.407 e. The van der Waals surface area contributed by atoms with Crippen LogP contribution in [0.25, 0.3) is 11.1 Å². The van der Waals surface area contributed by atoms with E-state index in [0.717, 1.165) is 41.6 Å². The number of aryl methyl sites for hydroxylation is 3. The van der Waals surface area contributed by atoms with Crippen LogP contribution in [0.5, 0.6) is 5.75 Å². The van der Waals surface area contributed by atoms with Gasteiger partial charge in [0, 0.05) is 122 Å². The van der Waals surface area contributed by atoms with E-state index < -0.39 is 6.09 Å². The van der Waals surface area contributed by atoms with Crippen molar-refractivity contribution in [3.05, 3.63) is 89.0 Å². The third-order valence-corrected chi connectivity index (χ3v) is 15.2. The normalized spacial score (nSPS) is 15.5. The van der Waals surface area contributed by atoms with Gasteiger partial charge in [-0.2, -0.15) is 11.8 Å². The predicted molar refractivity (Wildman–Crippen MR) is 309 cm³/mol. The van der Waals surface area contributed by atoms with Crippen LogP contribution in [0.2, 0.25) is 0 Å². The molecular weight excluding hydrogens is 1070 g/mol. The number of aliphatic imine (C=N–C) groups is 1. The standard InChI is InChI=1S/C59H75N9O13S/c1-39-30-46-47(63-36-44-10-5-22-67(44)57(46)75)34-51(39)80-25-7-12-54(72)64-43-33-48(66(3)38-43)50(70)31-40-13-15-41(16-14-40)42-32-49(65(2)37-42)56(74)61-21-9-26-81-59(77)62-20-8-19-60-53(71)18-27-79-29-28-78-24-6-11-45(69)17-23-68-55(73)35-52(82-4)58(68)76/h13-16,30,32-34,36-38,44,52H,5-12,17-29,31,35H2,1-4H3,(H,60,71)(H,61,74)(H,62,77)(H,64,72)/t44-,52?/m0/s1. The lowest BCUT2D eigenvalue weighted by molar-refractivity contribution is -0.138. The van der Waals surface area contributed by atoms with Crippen molar-refractivity contribution in [2.45, 2.75) is 95.3 Å². The van der Waals surface area contributed by atoms with E-state index in [-0.39, 0.29) is 117 Å². The highest BCUT2D eigenvalue weighted by Gasteiger charge is 2.38. The number of carbonyl (C=O) groups is 9. The number of rotatable bonds is 33. The maximum absolute atomic E-state index is 13.4. The number of thioether (sulfide) groups is 1. The summed E-state index contributed by atoms with van der Waals surface area (Å²) in [5.41, 5.74) is 5.89. The summed E-state index contributed by atoms with van der Waals surface area (Å²) in [4.78, 5) is 121. The number of nitrogens with one attached hydrogen (secondary N) is 4. The Balaban J connectivity index is 0.689. The first-order valence-corrected chi connectivity index (χ1v) is 29.2. The second-order valence-corrected chi connectivity index (χ2v) is 21.5. The number of hydrogen-bond acceptors (Lipinski definition) is 15. The average Bonchev–Trinajstić information content (AvgIpc) is 4.36. The van der Waals surface area contributed by atoms with Gasteiger partial charge in [0.1, 0.15) is 17.2 Å². The lowest BCUT2D eigenvalue weighted by atomic mass is 10.0. The summed E-state index contributed by atoms with van der Waals surface area (Å²) in [6.45, 7) is 5.24. The number of ether oxygens (including phenoxy) is 4. The average molecular weight is 1150 g/mol. The number of benzene rings is 2. The fourth-order valence-electron chi connectivity index (χ4n) is 9.69. The first-order valence-electron chi connectivity index (χ1n) is 28.0. The van der Waals surface area contributed by atoms with E-state index in [9.17, 15) is 43.2 Å². The molecule has 4 aromatic rings. The summed E-state index contributed by atoms with van der Waals surface area (Å²) in [7, 11) is 3.53. The number of alkyl carbamates (subject to hydrolysis) is 1. The summed E-state index contributed by atoms with van der Waals surface area (Å²) in [5.74, 6) is -0.663. The molecule has 0 aliphatic carbocycles. The van der Waals surface area contributed by atoms with E-state index >= 15 is 0 Å². The molecule has 0 saturated carbocycles. The van der Waals surface area contributed by atoms with Gasteiger partial charge < -0.3 is 54.2 Å². The monoisotopic (exact) mass is 1150 g/mol. The summed E-state index contributed by atoms with van der Waals surface area (Å²) in [6.07, 6.45) is 11.5. The zero-order chi connectivity index (χ0) is 58.5. The lowest BCUT2D eigenvalue weighted by Crippen LogP contribution is -2.35. The van der Waals surface area contributed by atoms with Crippen molar-refractivity contribution in [3.8, 4) is 16.9 Å². The molecule has 5 heterocycles. The van der Waals surface area contributed by atoms with Crippen molar-refractivity contribution in [1.29, 1.82) is 0 Å². The van der Waals surface area contributed by atoms with Crippen molar-refractivity contribution >= 4 is 82.5 Å². The van der Waals surface area contributed by atoms with Crippen LogP contribution in [0, 0.1) is 6.92 Å². The largest absolute Gasteiger partial charge is 0.493 e. The molecule has 82 heavy (non-hydrogen) atoms. The van der Waals surface area contributed by atoms with Gasteiger partial charge in [-0.15, -0.1) is 0 Å². The summed E-state index contributed by atoms with van der Waals surface area (Å²) in [6, 6.07) is 14.7. The topological polar surface area (TPSA) is 267 Å². The van der Waals surface area contributed by atoms with Gasteiger partial charge >= 0.3 is 6.09 Å². The number of nitrogens with zero attached hydrogens (tertiary/aromatic N) is 5. The van der Waals surface area contributed by atoms with E-state index in [1.807, 2.05) is 54.6 Å². The summed E-state index contributed by atoms with van der Waals surface area (Å²) >= 11 is 1.34. The number of hydrogen-bond donors (Lipinski definition) is 4. The first kappa shape index (κ1) is 62.0. The van der Waals surface area contributed by atoms with Crippen molar-refractivity contribution in [1.82, 2.24) is 34.9 Å². The Morgan fingerprint density at radius 2 is 1.48 bits per heavy atom. The fourth-order valence-corrected chi connectivity index (χ4v) is 10.3. The molecule has 2 saturated heterocycles. The molecule has 3 aliphatic heterocycles. The maximum atomic E-state index is 13.4. The van der Waals surface area contributed by atoms with Gasteiger partial charge in [-0.25, -0.2) is 4.79 Å². The highest BCUT2D eigenvalue weighted by molar-refractivity contribution is 8.00. The molecular formula is C59H75N9O13S. The van der Waals surface area contributed by atoms with Crippen LogP contribution in [0.15, 0.2) is 65.9 Å². The Bertz CT molecular complexity index is 2970. The maximum Gasteiger partial charge on any atom is 0.407 e. The number of amides is 7. The van der Waals surface area contributed by atoms with Crippen LogP contribution in [-0.2, 0) is 58.7 Å². The van der Waals surface area contributed by atoms with Crippen LogP contribution < -0.4 is 26.0 Å². The van der Waals surface area contributed by atoms with Crippen LogP contribution >= 0.6 is 11.8 Å². The molecule has 0 spiro atoms. The molecule has 7 rings (SSSR count). The van der Waals surface area contributed by atoms with Crippen LogP contribution in [0.4, 0.5) is 16.2 Å². The van der Waals surface area contributed by atoms with Crippen molar-refractivity contribution in [2.75, 3.05) is 83.9 Å². The molecule has 2 aromatic carbocycles. The van der Waals surface area contributed by atoms with Crippen LogP contribution in [-0.4, -0.2) is 168 Å². The van der Waals surface area contributed by atoms with Gasteiger partial charge in [0.2, 0.25) is 23.6 Å². The highest BCUT2D eigenvalue weighted by Crippen LogP contribution is 2.34. The predicted octanol–water partition coefficient (Wildman–Crippen LogP) is 5.89. The van der Waals surface area contributed by atoms with Gasteiger partial charge in [-0.05, 0) is 86.6 Å². The second-order valence-electron chi connectivity index (χ2n) is 20.4. The SMILES string of the molecule is CSC1CC(=O)N(CCC(=O)CCCOCCOCCC(=O)NCCCNC(=O)OCCCNC(=O)c2cc(-c3ccc(CC(=O)c4cc(NC(=O)CCCOc5cc6c(cc5C)C(=O)N5CCC[C@H]5C=N6)cn4C)cc3)cn2C)C1=O. The molecule has 4 N–H and O–H groups in total. The van der Waals surface area contributed by atoms with Crippen molar-refractivity contribution in [2.24, 2.45) is 19.1 Å². The third-order valence-electron chi connectivity index (χ3n) is 14.2. The third kappa shape index (κ3) is 17.9. The molecule has 1 unspecified atom stereocenters. The molecule has 2 aromatic heterocycles. The first-order chi connectivity index (χ1) is 39.6. The van der Waals surface area contributed by atoms with Crippen molar-refractivity contribution in [3.63, 3.8) is 0 Å². The quantitative estimate of drug-likeness (QED) is 0.0246. The van der Waals surface area contributed by atoms with Gasteiger partial charge in [-0.1, -0.05) is 24.3 Å². The molecule has 0 bridgehead atoms. The number of aromatic nitrogens is 2. The van der Waals surface area contributed by atoms with E-state index in [0.29, 0.717) is 106 Å². The number of carbonyl (C=O) groups excluding carboxylic acids is 9. The molecule has 22 nitrogen and oxygen atoms in total. The number of fused-ring (bicyclic) bond motifs is 2. The van der Waals surface area contributed by atoms with E-state index in [1.165, 1.54) is 16.7 Å². The second kappa shape index (κ2) is 31.0. The van der Waals surface area contributed by atoms with Crippen molar-refractivity contribution < 1.29 is 62.1 Å². The van der Waals surface area contributed by atoms with Crippen LogP contribution in [0.3, 0.4) is 0 Å². The number of Topliss-reactive ketones (excluding diaryl/α,β-unsaturated/α-hetero) is 2. The number of anilines is 1.